The van der Waals surface area contributed by atoms with E-state index in [9.17, 15) is 13.2 Å². The Morgan fingerprint density at radius 3 is 2.31 bits per heavy atom. The predicted molar refractivity (Wildman–Crippen MR) is 110 cm³/mol. The Kier molecular flexibility index (Phi) is 5.35. The number of sulfonamides is 1. The molecular formula is C20H23N5O3S. The lowest BCUT2D eigenvalue weighted by Gasteiger charge is -2.26. The van der Waals surface area contributed by atoms with Gasteiger partial charge in [-0.2, -0.15) is 14.1 Å². The van der Waals surface area contributed by atoms with Crippen LogP contribution in [0.25, 0.3) is 5.69 Å². The summed E-state index contributed by atoms with van der Waals surface area (Å²) in [6, 6.07) is 16.0. The molecule has 0 atom stereocenters. The number of hydrogen-bond donors (Lipinski definition) is 1. The molecule has 1 fully saturated rings. The van der Waals surface area contributed by atoms with Gasteiger partial charge in [0.25, 0.3) is 0 Å². The van der Waals surface area contributed by atoms with E-state index >= 15 is 0 Å². The van der Waals surface area contributed by atoms with Gasteiger partial charge in [0.05, 0.1) is 17.1 Å². The number of hydrogen-bond acceptors (Lipinski definition) is 5. The molecule has 9 heteroatoms. The Bertz CT molecular complexity index is 1150. The number of benzene rings is 2. The second-order valence-electron chi connectivity index (χ2n) is 6.96. The van der Waals surface area contributed by atoms with Crippen LogP contribution in [0.3, 0.4) is 0 Å². The Morgan fingerprint density at radius 2 is 1.66 bits per heavy atom. The SMILES string of the molecule is Cc1nn(-c2ccc(S(=O)(=O)N3CCNCC3)cc2)c(=O)n1Cc1ccccc1. The number of aromatic nitrogens is 3. The fraction of sp³-hybridized carbons (Fsp3) is 0.300. The third-order valence-corrected chi connectivity index (χ3v) is 6.94. The van der Waals surface area contributed by atoms with Crippen molar-refractivity contribution >= 4 is 10.0 Å². The maximum Gasteiger partial charge on any atom is 0.351 e. The first-order valence-corrected chi connectivity index (χ1v) is 10.9. The third kappa shape index (κ3) is 3.89. The van der Waals surface area contributed by atoms with E-state index in [2.05, 4.69) is 10.4 Å². The third-order valence-electron chi connectivity index (χ3n) is 5.03. The van der Waals surface area contributed by atoms with Gasteiger partial charge < -0.3 is 5.32 Å². The molecule has 1 aromatic heterocycles. The molecule has 1 N–H and O–H groups in total. The molecule has 0 saturated carbocycles. The van der Waals surface area contributed by atoms with E-state index in [1.165, 1.54) is 21.1 Å². The largest absolute Gasteiger partial charge is 0.351 e. The standard InChI is InChI=1S/C20H23N5O3S/c1-16-22-25(20(26)24(16)15-17-5-3-2-4-6-17)18-7-9-19(10-8-18)29(27,28)23-13-11-21-12-14-23/h2-10,21H,11-15H2,1H3. The van der Waals surface area contributed by atoms with Crippen molar-refractivity contribution in [3.63, 3.8) is 0 Å². The fourth-order valence-electron chi connectivity index (χ4n) is 3.40. The van der Waals surface area contributed by atoms with Crippen molar-refractivity contribution in [2.24, 2.45) is 0 Å². The van der Waals surface area contributed by atoms with E-state index in [0.717, 1.165) is 5.56 Å². The molecule has 29 heavy (non-hydrogen) atoms. The minimum atomic E-state index is -3.53. The molecule has 0 bridgehead atoms. The van der Waals surface area contributed by atoms with Crippen LogP contribution in [0.15, 0.2) is 64.3 Å². The summed E-state index contributed by atoms with van der Waals surface area (Å²) in [4.78, 5) is 13.1. The monoisotopic (exact) mass is 413 g/mol. The minimum absolute atomic E-state index is 0.219. The van der Waals surface area contributed by atoms with E-state index in [1.807, 2.05) is 30.3 Å². The van der Waals surface area contributed by atoms with Crippen molar-refractivity contribution < 1.29 is 8.42 Å². The summed E-state index contributed by atoms with van der Waals surface area (Å²) in [5, 5.41) is 7.50. The van der Waals surface area contributed by atoms with Gasteiger partial charge in [0.15, 0.2) is 0 Å². The van der Waals surface area contributed by atoms with Crippen LogP contribution >= 0.6 is 0 Å². The second-order valence-corrected chi connectivity index (χ2v) is 8.90. The molecular weight excluding hydrogens is 390 g/mol. The normalized spacial score (nSPS) is 15.5. The van der Waals surface area contributed by atoms with Crippen molar-refractivity contribution in [1.29, 1.82) is 0 Å². The number of piperazine rings is 1. The van der Waals surface area contributed by atoms with E-state index in [-0.39, 0.29) is 10.6 Å². The highest BCUT2D eigenvalue weighted by atomic mass is 32.2. The summed E-state index contributed by atoms with van der Waals surface area (Å²) in [5.74, 6) is 0.594. The molecule has 1 saturated heterocycles. The summed E-state index contributed by atoms with van der Waals surface area (Å²) in [6.07, 6.45) is 0. The van der Waals surface area contributed by atoms with Crippen LogP contribution in [0.2, 0.25) is 0 Å². The van der Waals surface area contributed by atoms with Gasteiger partial charge in [0.1, 0.15) is 5.82 Å². The van der Waals surface area contributed by atoms with Crippen LogP contribution in [0, 0.1) is 6.92 Å². The van der Waals surface area contributed by atoms with Crippen LogP contribution in [0.1, 0.15) is 11.4 Å². The average molecular weight is 414 g/mol. The number of rotatable bonds is 5. The summed E-state index contributed by atoms with van der Waals surface area (Å²) in [6.45, 7) is 4.40. The van der Waals surface area contributed by atoms with Gasteiger partial charge in [-0.25, -0.2) is 13.2 Å². The van der Waals surface area contributed by atoms with Crippen molar-refractivity contribution in [3.8, 4) is 5.69 Å². The fourth-order valence-corrected chi connectivity index (χ4v) is 4.84. The van der Waals surface area contributed by atoms with Gasteiger partial charge in [-0.05, 0) is 36.8 Å². The maximum absolute atomic E-state index is 12.9. The van der Waals surface area contributed by atoms with E-state index in [1.54, 1.807) is 23.6 Å². The van der Waals surface area contributed by atoms with Crippen molar-refractivity contribution in [1.82, 2.24) is 24.0 Å². The highest BCUT2D eigenvalue weighted by molar-refractivity contribution is 7.89. The smallest absolute Gasteiger partial charge is 0.314 e. The van der Waals surface area contributed by atoms with Crippen molar-refractivity contribution in [3.05, 3.63) is 76.5 Å². The summed E-state index contributed by atoms with van der Waals surface area (Å²) >= 11 is 0. The summed E-state index contributed by atoms with van der Waals surface area (Å²) < 4.78 is 29.9. The molecule has 1 aliphatic rings. The van der Waals surface area contributed by atoms with E-state index in [0.29, 0.717) is 44.2 Å². The molecule has 0 aliphatic carbocycles. The van der Waals surface area contributed by atoms with E-state index in [4.69, 9.17) is 0 Å². The van der Waals surface area contributed by atoms with Crippen molar-refractivity contribution in [2.45, 2.75) is 18.4 Å². The van der Waals surface area contributed by atoms with Gasteiger partial charge in [-0.15, -0.1) is 0 Å². The van der Waals surface area contributed by atoms with Crippen LogP contribution in [0.4, 0.5) is 0 Å². The first-order chi connectivity index (χ1) is 14.0. The number of nitrogens with zero attached hydrogens (tertiary/aromatic N) is 4. The topological polar surface area (TPSA) is 89.2 Å². The van der Waals surface area contributed by atoms with E-state index < -0.39 is 10.0 Å². The van der Waals surface area contributed by atoms with Crippen LogP contribution in [0.5, 0.6) is 0 Å². The summed E-state index contributed by atoms with van der Waals surface area (Å²) in [5.41, 5.74) is 1.28. The zero-order valence-electron chi connectivity index (χ0n) is 16.2. The quantitative estimate of drug-likeness (QED) is 0.674. The Balaban J connectivity index is 1.61. The highest BCUT2D eigenvalue weighted by Crippen LogP contribution is 2.18. The molecule has 8 nitrogen and oxygen atoms in total. The zero-order valence-corrected chi connectivity index (χ0v) is 17.0. The molecule has 1 aliphatic heterocycles. The molecule has 4 rings (SSSR count). The molecule has 2 aromatic carbocycles. The molecule has 152 valence electrons. The average Bonchev–Trinajstić information content (AvgIpc) is 3.03. The Morgan fingerprint density at radius 1 is 1.00 bits per heavy atom. The first kappa shape index (κ1) is 19.6. The van der Waals surface area contributed by atoms with Gasteiger partial charge in [0, 0.05) is 26.2 Å². The van der Waals surface area contributed by atoms with Gasteiger partial charge in [0.2, 0.25) is 10.0 Å². The number of aryl methyl sites for hydroxylation is 1. The van der Waals surface area contributed by atoms with Gasteiger partial charge >= 0.3 is 5.69 Å². The Labute approximate surface area is 169 Å². The maximum atomic E-state index is 12.9. The molecule has 0 unspecified atom stereocenters. The second kappa shape index (κ2) is 7.94. The van der Waals surface area contributed by atoms with Crippen LogP contribution in [-0.4, -0.2) is 53.2 Å². The van der Waals surface area contributed by atoms with Gasteiger partial charge in [-0.1, -0.05) is 30.3 Å². The molecule has 0 radical (unpaired) electrons. The molecule has 2 heterocycles. The van der Waals surface area contributed by atoms with Gasteiger partial charge in [-0.3, -0.25) is 4.57 Å². The lowest BCUT2D eigenvalue weighted by atomic mass is 10.2. The Hall–Kier alpha value is -2.75. The highest BCUT2D eigenvalue weighted by Gasteiger charge is 2.25. The van der Waals surface area contributed by atoms with Crippen LogP contribution < -0.4 is 11.0 Å². The van der Waals surface area contributed by atoms with Crippen LogP contribution in [-0.2, 0) is 16.6 Å². The zero-order chi connectivity index (χ0) is 20.4. The molecule has 0 spiro atoms. The predicted octanol–water partition coefficient (Wildman–Crippen LogP) is 0.985. The summed E-state index contributed by atoms with van der Waals surface area (Å²) in [7, 11) is -3.53. The molecule has 0 amide bonds. The first-order valence-electron chi connectivity index (χ1n) is 9.48. The van der Waals surface area contributed by atoms with Crippen molar-refractivity contribution in [2.75, 3.05) is 26.2 Å². The lowest BCUT2D eigenvalue weighted by Crippen LogP contribution is -2.46. The number of nitrogens with one attached hydrogen (secondary N) is 1. The molecule has 3 aromatic rings. The lowest BCUT2D eigenvalue weighted by molar-refractivity contribution is 0.360. The minimum Gasteiger partial charge on any atom is -0.314 e.